The number of nitrogens with two attached hydrogens (primary N) is 1. The second kappa shape index (κ2) is 8.27. The first kappa shape index (κ1) is 19.5. The Morgan fingerprint density at radius 3 is 2.64 bits per heavy atom. The van der Waals surface area contributed by atoms with E-state index in [0.29, 0.717) is 34.1 Å². The fourth-order valence-electron chi connectivity index (χ4n) is 4.46. The summed E-state index contributed by atoms with van der Waals surface area (Å²) in [5.74, 6) is -0.566. The molecule has 1 atom stereocenters. The zero-order valence-corrected chi connectivity index (χ0v) is 16.7. The smallest absolute Gasteiger partial charge is 0.408 e. The van der Waals surface area contributed by atoms with Gasteiger partial charge in [0.2, 0.25) is 5.91 Å². The molecule has 2 fully saturated rings. The van der Waals surface area contributed by atoms with Crippen LogP contribution < -0.4 is 11.5 Å². The maximum atomic E-state index is 12.8. The summed E-state index contributed by atoms with van der Waals surface area (Å²) in [5.41, 5.74) is 7.89. The number of benzene rings is 1. The van der Waals surface area contributed by atoms with Gasteiger partial charge in [-0.05, 0) is 62.9 Å². The largest absolute Gasteiger partial charge is 0.417 e. The Morgan fingerprint density at radius 2 is 1.93 bits per heavy atom. The van der Waals surface area contributed by atoms with Gasteiger partial charge in [-0.15, -0.1) is 0 Å². The molecule has 2 aliphatic heterocycles. The lowest BCUT2D eigenvalue weighted by Gasteiger charge is -2.40. The number of nitrogens with zero attached hydrogens (tertiary/aromatic N) is 2. The number of halogens is 1. The fraction of sp³-hybridized carbons (Fsp3) is 0.600. The molecule has 4 rings (SSSR count). The number of fused-ring (bicyclic) bond motifs is 1. The lowest BCUT2D eigenvalue weighted by atomic mass is 9.98. The predicted molar refractivity (Wildman–Crippen MR) is 109 cm³/mol. The summed E-state index contributed by atoms with van der Waals surface area (Å²) in [4.78, 5) is 31.2. The van der Waals surface area contributed by atoms with Gasteiger partial charge in [0.15, 0.2) is 5.58 Å². The van der Waals surface area contributed by atoms with E-state index in [9.17, 15) is 9.59 Å². The number of aromatic amines is 1. The Kier molecular flexibility index (Phi) is 5.75. The van der Waals surface area contributed by atoms with Crippen LogP contribution in [0.2, 0.25) is 5.02 Å². The van der Waals surface area contributed by atoms with Crippen molar-refractivity contribution in [3.63, 3.8) is 0 Å². The summed E-state index contributed by atoms with van der Waals surface area (Å²) in [6, 6.07) is 3.25. The summed E-state index contributed by atoms with van der Waals surface area (Å²) in [5, 5.41) is 0.469. The zero-order valence-electron chi connectivity index (χ0n) is 16.0. The molecule has 152 valence electrons. The van der Waals surface area contributed by atoms with Gasteiger partial charge in [0, 0.05) is 24.2 Å². The molecule has 1 amide bonds. The number of hydrogen-bond acceptors (Lipinski definition) is 5. The molecule has 0 radical (unpaired) electrons. The second-order valence-corrected chi connectivity index (χ2v) is 8.33. The van der Waals surface area contributed by atoms with E-state index in [0.717, 1.165) is 25.9 Å². The van der Waals surface area contributed by atoms with E-state index < -0.39 is 11.8 Å². The van der Waals surface area contributed by atoms with E-state index in [2.05, 4.69) is 9.88 Å². The molecule has 2 aromatic rings. The molecule has 1 aromatic heterocycles. The molecule has 0 aliphatic carbocycles. The van der Waals surface area contributed by atoms with E-state index in [4.69, 9.17) is 21.8 Å². The van der Waals surface area contributed by atoms with Crippen molar-refractivity contribution in [2.75, 3.05) is 26.2 Å². The lowest BCUT2D eigenvalue weighted by Crippen LogP contribution is -2.52. The SMILES string of the molecule is NC(Cc1cc2oc(=O)[nH]c2cc1Cl)C(=O)N1CCC(N2CCCCC2)CC1. The van der Waals surface area contributed by atoms with Gasteiger partial charge in [0.25, 0.3) is 0 Å². The quantitative estimate of drug-likeness (QED) is 0.810. The zero-order chi connectivity index (χ0) is 19.7. The number of piperidine rings is 2. The molecule has 2 saturated heterocycles. The highest BCUT2D eigenvalue weighted by Gasteiger charge is 2.30. The third-order valence-electron chi connectivity index (χ3n) is 6.03. The van der Waals surface area contributed by atoms with Crippen molar-refractivity contribution < 1.29 is 9.21 Å². The molecule has 8 heteroatoms. The molecule has 0 bridgehead atoms. The minimum absolute atomic E-state index is 0.0382. The number of hydrogen-bond donors (Lipinski definition) is 2. The lowest BCUT2D eigenvalue weighted by molar-refractivity contribution is -0.134. The van der Waals surface area contributed by atoms with E-state index >= 15 is 0 Å². The Bertz CT molecular complexity index is 894. The molecule has 3 N–H and O–H groups in total. The highest BCUT2D eigenvalue weighted by Crippen LogP contribution is 2.25. The highest BCUT2D eigenvalue weighted by molar-refractivity contribution is 6.32. The molecule has 2 aliphatic rings. The van der Waals surface area contributed by atoms with Crippen LogP contribution in [0.4, 0.5) is 0 Å². The van der Waals surface area contributed by atoms with Gasteiger partial charge in [0.1, 0.15) is 0 Å². The molecule has 7 nitrogen and oxygen atoms in total. The molecular weight excluding hydrogens is 380 g/mol. The first-order valence-corrected chi connectivity index (χ1v) is 10.5. The molecular formula is C20H27ClN4O3. The predicted octanol–water partition coefficient (Wildman–Crippen LogP) is 2.12. The summed E-state index contributed by atoms with van der Waals surface area (Å²) < 4.78 is 5.08. The van der Waals surface area contributed by atoms with Gasteiger partial charge in [-0.2, -0.15) is 0 Å². The van der Waals surface area contributed by atoms with Crippen LogP contribution in [0.15, 0.2) is 21.3 Å². The molecule has 3 heterocycles. The molecule has 1 aromatic carbocycles. The number of oxazole rings is 1. The van der Waals surface area contributed by atoms with Crippen LogP contribution in [0.25, 0.3) is 11.1 Å². The minimum Gasteiger partial charge on any atom is -0.408 e. The fourth-order valence-corrected chi connectivity index (χ4v) is 4.70. The first-order chi connectivity index (χ1) is 13.5. The Balaban J connectivity index is 1.36. The van der Waals surface area contributed by atoms with Gasteiger partial charge in [-0.25, -0.2) is 4.79 Å². The van der Waals surface area contributed by atoms with Gasteiger partial charge in [0.05, 0.1) is 11.6 Å². The van der Waals surface area contributed by atoms with E-state index in [1.54, 1.807) is 12.1 Å². The van der Waals surface area contributed by atoms with Crippen molar-refractivity contribution in [1.29, 1.82) is 0 Å². The van der Waals surface area contributed by atoms with Gasteiger partial charge >= 0.3 is 5.76 Å². The van der Waals surface area contributed by atoms with Crippen molar-refractivity contribution >= 4 is 28.6 Å². The highest BCUT2D eigenvalue weighted by atomic mass is 35.5. The summed E-state index contributed by atoms with van der Waals surface area (Å²) in [6.07, 6.45) is 6.25. The minimum atomic E-state index is -0.660. The number of carbonyl (C=O) groups is 1. The molecule has 0 saturated carbocycles. The van der Waals surface area contributed by atoms with E-state index in [-0.39, 0.29) is 5.91 Å². The van der Waals surface area contributed by atoms with Crippen molar-refractivity contribution in [3.8, 4) is 0 Å². The molecule has 0 spiro atoms. The Morgan fingerprint density at radius 1 is 1.21 bits per heavy atom. The van der Waals surface area contributed by atoms with Crippen LogP contribution in [-0.4, -0.2) is 59.0 Å². The summed E-state index contributed by atoms with van der Waals surface area (Å²) in [6.45, 7) is 3.89. The maximum Gasteiger partial charge on any atom is 0.417 e. The van der Waals surface area contributed by atoms with Crippen LogP contribution >= 0.6 is 11.6 Å². The van der Waals surface area contributed by atoms with Crippen LogP contribution in [0.1, 0.15) is 37.7 Å². The second-order valence-electron chi connectivity index (χ2n) is 7.92. The molecule has 1 unspecified atom stereocenters. The van der Waals surface area contributed by atoms with Crippen LogP contribution in [0.3, 0.4) is 0 Å². The number of nitrogens with one attached hydrogen (secondary N) is 1. The van der Waals surface area contributed by atoms with Gasteiger partial charge in [-0.3, -0.25) is 9.78 Å². The Labute approximate surface area is 168 Å². The van der Waals surface area contributed by atoms with Crippen LogP contribution in [-0.2, 0) is 11.2 Å². The topological polar surface area (TPSA) is 95.6 Å². The summed E-state index contributed by atoms with van der Waals surface area (Å²) >= 11 is 6.30. The summed E-state index contributed by atoms with van der Waals surface area (Å²) in [7, 11) is 0. The van der Waals surface area contributed by atoms with Crippen molar-refractivity contribution in [2.45, 2.75) is 50.6 Å². The normalized spacial score (nSPS) is 20.6. The van der Waals surface area contributed by atoms with Crippen molar-refractivity contribution in [2.24, 2.45) is 5.73 Å². The number of aromatic nitrogens is 1. The standard InChI is InChI=1S/C20H27ClN4O3/c21-15-12-17-18(28-20(27)23-17)11-13(15)10-16(22)19(26)25-8-4-14(5-9-25)24-6-2-1-3-7-24/h11-12,14,16H,1-10,22H2,(H,23,27). The van der Waals surface area contributed by atoms with Crippen molar-refractivity contribution in [3.05, 3.63) is 33.3 Å². The van der Waals surface area contributed by atoms with Gasteiger partial charge < -0.3 is 20.0 Å². The maximum absolute atomic E-state index is 12.8. The van der Waals surface area contributed by atoms with Crippen molar-refractivity contribution in [1.82, 2.24) is 14.8 Å². The van der Waals surface area contributed by atoms with Crippen LogP contribution in [0.5, 0.6) is 0 Å². The van der Waals surface area contributed by atoms with E-state index in [1.165, 1.54) is 32.4 Å². The number of amides is 1. The Hall–Kier alpha value is -1.83. The number of rotatable bonds is 4. The third kappa shape index (κ3) is 4.11. The number of likely N-dealkylation sites (tertiary alicyclic amines) is 2. The molecule has 28 heavy (non-hydrogen) atoms. The number of H-pyrrole nitrogens is 1. The monoisotopic (exact) mass is 406 g/mol. The average Bonchev–Trinajstić information content (AvgIpc) is 3.07. The third-order valence-corrected chi connectivity index (χ3v) is 6.38. The van der Waals surface area contributed by atoms with E-state index in [1.807, 2.05) is 4.90 Å². The first-order valence-electron chi connectivity index (χ1n) is 10.1. The average molecular weight is 407 g/mol. The van der Waals surface area contributed by atoms with Crippen LogP contribution in [0, 0.1) is 0 Å². The number of carbonyl (C=O) groups excluding carboxylic acids is 1. The van der Waals surface area contributed by atoms with Gasteiger partial charge in [-0.1, -0.05) is 18.0 Å².